The molecule has 0 unspecified atom stereocenters. The molecule has 0 aliphatic rings. The molecule has 2 aromatic heterocycles. The number of hydrogen-bond donors (Lipinski definition) is 1. The fraction of sp³-hybridized carbons (Fsp3) is 0.200. The van der Waals surface area contributed by atoms with Crippen molar-refractivity contribution in [2.75, 3.05) is 25.1 Å². The molecule has 0 aliphatic heterocycles. The summed E-state index contributed by atoms with van der Waals surface area (Å²) in [4.78, 5) is 23.1. The van der Waals surface area contributed by atoms with E-state index in [2.05, 4.69) is 28.7 Å². The molecule has 0 saturated carbocycles. The average molecular weight is 413 g/mol. The molecular weight excluding hydrogens is 390 g/mol. The first-order valence-corrected chi connectivity index (χ1v) is 10.4. The Hall–Kier alpha value is -3.80. The van der Waals surface area contributed by atoms with Crippen molar-refractivity contribution in [1.82, 2.24) is 9.97 Å². The molecule has 0 atom stereocenters. The molecule has 0 amide bonds. The van der Waals surface area contributed by atoms with Crippen molar-refractivity contribution in [3.8, 4) is 17.1 Å². The Labute approximate surface area is 179 Å². The van der Waals surface area contributed by atoms with Crippen LogP contribution in [0.2, 0.25) is 0 Å². The van der Waals surface area contributed by atoms with Crippen molar-refractivity contribution < 1.29 is 9.15 Å². The second kappa shape index (κ2) is 7.47. The van der Waals surface area contributed by atoms with Gasteiger partial charge in [0.15, 0.2) is 5.43 Å². The lowest BCUT2D eigenvalue weighted by Gasteiger charge is -2.16. The van der Waals surface area contributed by atoms with Crippen LogP contribution in [0, 0.1) is 0 Å². The predicted octanol–water partition coefficient (Wildman–Crippen LogP) is 5.34. The zero-order chi connectivity index (χ0) is 21.5. The summed E-state index contributed by atoms with van der Waals surface area (Å²) in [7, 11) is 1.64. The minimum Gasteiger partial charge on any atom is -0.497 e. The van der Waals surface area contributed by atoms with Crippen molar-refractivity contribution >= 4 is 38.7 Å². The normalized spacial score (nSPS) is 11.5. The van der Waals surface area contributed by atoms with Crippen LogP contribution in [0.25, 0.3) is 44.1 Å². The molecule has 2 heterocycles. The molecule has 0 fully saturated rings. The maximum atomic E-state index is 12.9. The van der Waals surface area contributed by atoms with E-state index in [1.165, 1.54) is 0 Å². The average Bonchev–Trinajstić information content (AvgIpc) is 3.21. The Morgan fingerprint density at radius 1 is 1.00 bits per heavy atom. The Morgan fingerprint density at radius 3 is 2.61 bits per heavy atom. The molecule has 5 aromatic rings. The number of H-pyrrole nitrogens is 1. The van der Waals surface area contributed by atoms with Gasteiger partial charge in [-0.25, -0.2) is 4.98 Å². The van der Waals surface area contributed by atoms with E-state index in [1.54, 1.807) is 13.2 Å². The molecule has 5 rings (SSSR count). The molecule has 3 aromatic carbocycles. The number of aromatic amines is 1. The summed E-state index contributed by atoms with van der Waals surface area (Å²) in [6.07, 6.45) is 0. The number of nitrogens with one attached hydrogen (secondary N) is 1. The molecular formula is C25H23N3O3. The van der Waals surface area contributed by atoms with E-state index in [4.69, 9.17) is 9.15 Å². The van der Waals surface area contributed by atoms with Crippen molar-refractivity contribution in [1.29, 1.82) is 0 Å². The molecule has 31 heavy (non-hydrogen) atoms. The van der Waals surface area contributed by atoms with Crippen LogP contribution >= 0.6 is 0 Å². The summed E-state index contributed by atoms with van der Waals surface area (Å²) < 4.78 is 11.5. The van der Waals surface area contributed by atoms with Crippen LogP contribution in [0.3, 0.4) is 0 Å². The van der Waals surface area contributed by atoms with Gasteiger partial charge in [0.25, 0.3) is 0 Å². The first kappa shape index (κ1) is 19.2. The van der Waals surface area contributed by atoms with Gasteiger partial charge < -0.3 is 19.0 Å². The molecule has 6 nitrogen and oxygen atoms in total. The Morgan fingerprint density at radius 2 is 1.84 bits per heavy atom. The number of nitrogens with zero attached hydrogens (tertiary/aromatic N) is 2. The van der Waals surface area contributed by atoms with Crippen LogP contribution in [0.4, 0.5) is 5.95 Å². The maximum Gasteiger partial charge on any atom is 0.203 e. The number of ether oxygens (including phenoxy) is 1. The highest BCUT2D eigenvalue weighted by Crippen LogP contribution is 2.29. The highest BCUT2D eigenvalue weighted by atomic mass is 16.5. The Balaban J connectivity index is 1.64. The summed E-state index contributed by atoms with van der Waals surface area (Å²) in [5, 5.41) is 2.49. The molecule has 0 bridgehead atoms. The van der Waals surface area contributed by atoms with Crippen LogP contribution in [-0.2, 0) is 0 Å². The minimum atomic E-state index is -0.0671. The molecule has 0 spiro atoms. The first-order valence-electron chi connectivity index (χ1n) is 10.4. The summed E-state index contributed by atoms with van der Waals surface area (Å²) in [5.74, 6) is 2.14. The second-order valence-corrected chi connectivity index (χ2v) is 7.50. The fourth-order valence-corrected chi connectivity index (χ4v) is 3.97. The van der Waals surface area contributed by atoms with E-state index < -0.39 is 0 Å². The van der Waals surface area contributed by atoms with Crippen LogP contribution in [0.1, 0.15) is 13.8 Å². The van der Waals surface area contributed by atoms with Gasteiger partial charge in [0.1, 0.15) is 17.1 Å². The molecule has 0 saturated heterocycles. The number of fused-ring (bicyclic) bond motifs is 3. The highest BCUT2D eigenvalue weighted by molar-refractivity contribution is 5.96. The van der Waals surface area contributed by atoms with Gasteiger partial charge in [-0.05, 0) is 67.1 Å². The molecule has 156 valence electrons. The SMILES string of the molecule is CCN(CC)c1nc2ccc(-c3cc(=O)c4cc5ccc(OC)cc5cc4o3)cc2[nH]1. The van der Waals surface area contributed by atoms with E-state index in [0.717, 1.165) is 52.2 Å². The summed E-state index contributed by atoms with van der Waals surface area (Å²) >= 11 is 0. The van der Waals surface area contributed by atoms with Crippen LogP contribution in [0.5, 0.6) is 5.75 Å². The fourth-order valence-electron chi connectivity index (χ4n) is 3.97. The van der Waals surface area contributed by atoms with Gasteiger partial charge in [-0.2, -0.15) is 0 Å². The van der Waals surface area contributed by atoms with Crippen molar-refractivity contribution in [2.45, 2.75) is 13.8 Å². The van der Waals surface area contributed by atoms with E-state index in [0.29, 0.717) is 16.7 Å². The summed E-state index contributed by atoms with van der Waals surface area (Å²) in [5.41, 5.74) is 3.10. The first-order chi connectivity index (χ1) is 15.1. The van der Waals surface area contributed by atoms with Gasteiger partial charge >= 0.3 is 0 Å². The number of aromatic nitrogens is 2. The van der Waals surface area contributed by atoms with E-state index in [-0.39, 0.29) is 5.43 Å². The number of benzene rings is 3. The third-order valence-corrected chi connectivity index (χ3v) is 5.71. The van der Waals surface area contributed by atoms with Crippen molar-refractivity contribution in [3.05, 3.63) is 64.8 Å². The number of hydrogen-bond acceptors (Lipinski definition) is 5. The van der Waals surface area contributed by atoms with Gasteiger partial charge in [0.05, 0.1) is 23.5 Å². The monoisotopic (exact) mass is 413 g/mol. The van der Waals surface area contributed by atoms with E-state index in [1.807, 2.05) is 48.5 Å². The largest absolute Gasteiger partial charge is 0.497 e. The number of rotatable bonds is 5. The predicted molar refractivity (Wildman–Crippen MR) is 125 cm³/mol. The van der Waals surface area contributed by atoms with Gasteiger partial charge in [-0.15, -0.1) is 0 Å². The lowest BCUT2D eigenvalue weighted by molar-refractivity contribution is 0.415. The van der Waals surface area contributed by atoms with Crippen molar-refractivity contribution in [2.24, 2.45) is 0 Å². The summed E-state index contributed by atoms with van der Waals surface area (Å²) in [6, 6.07) is 16.9. The molecule has 0 radical (unpaired) electrons. The zero-order valence-corrected chi connectivity index (χ0v) is 17.7. The molecule has 1 N–H and O–H groups in total. The number of anilines is 1. The van der Waals surface area contributed by atoms with E-state index in [9.17, 15) is 4.79 Å². The second-order valence-electron chi connectivity index (χ2n) is 7.50. The van der Waals surface area contributed by atoms with Gasteiger partial charge in [-0.3, -0.25) is 4.79 Å². The minimum absolute atomic E-state index is 0.0671. The van der Waals surface area contributed by atoms with Gasteiger partial charge in [0.2, 0.25) is 5.95 Å². The van der Waals surface area contributed by atoms with E-state index >= 15 is 0 Å². The quantitative estimate of drug-likeness (QED) is 0.394. The highest BCUT2D eigenvalue weighted by Gasteiger charge is 2.12. The van der Waals surface area contributed by atoms with Crippen LogP contribution < -0.4 is 15.1 Å². The Kier molecular flexibility index (Phi) is 4.62. The smallest absolute Gasteiger partial charge is 0.203 e. The zero-order valence-electron chi connectivity index (χ0n) is 17.7. The summed E-state index contributed by atoms with van der Waals surface area (Å²) in [6.45, 7) is 5.96. The topological polar surface area (TPSA) is 71.4 Å². The third kappa shape index (κ3) is 3.30. The third-order valence-electron chi connectivity index (χ3n) is 5.71. The lowest BCUT2D eigenvalue weighted by atomic mass is 10.1. The molecule has 6 heteroatoms. The number of methoxy groups -OCH3 is 1. The molecule has 0 aliphatic carbocycles. The van der Waals surface area contributed by atoms with Gasteiger partial charge in [0, 0.05) is 24.7 Å². The van der Waals surface area contributed by atoms with Gasteiger partial charge in [-0.1, -0.05) is 6.07 Å². The lowest BCUT2D eigenvalue weighted by Crippen LogP contribution is -2.22. The van der Waals surface area contributed by atoms with Crippen molar-refractivity contribution in [3.63, 3.8) is 0 Å². The Bertz CT molecular complexity index is 1480. The van der Waals surface area contributed by atoms with Crippen LogP contribution in [-0.4, -0.2) is 30.2 Å². The standard InChI is InChI=1S/C25H23N3O3/c1-4-28(5-2)25-26-20-9-7-16(12-21(20)27-25)23-14-22(29)19-11-15-6-8-18(30-3)10-17(15)13-24(19)31-23/h6-14H,4-5H2,1-3H3,(H,26,27). The number of imidazole rings is 1. The maximum absolute atomic E-state index is 12.9. The van der Waals surface area contributed by atoms with Crippen LogP contribution in [0.15, 0.2) is 63.8 Å².